The highest BCUT2D eigenvalue weighted by Gasteiger charge is 2.50. The van der Waals surface area contributed by atoms with Crippen LogP contribution in [0.15, 0.2) is 0 Å². The summed E-state index contributed by atoms with van der Waals surface area (Å²) in [5, 5.41) is 17.9. The minimum absolute atomic E-state index is 0.0427. The van der Waals surface area contributed by atoms with E-state index in [0.29, 0.717) is 26.4 Å². The molecule has 0 amide bonds. The molecule has 0 radical (unpaired) electrons. The van der Waals surface area contributed by atoms with Gasteiger partial charge in [-0.15, -0.1) is 0 Å². The molecule has 0 atom stereocenters. The predicted octanol–water partition coefficient (Wildman–Crippen LogP) is 7.96. The van der Waals surface area contributed by atoms with Crippen LogP contribution in [0.4, 0.5) is 0 Å². The fourth-order valence-corrected chi connectivity index (χ4v) is 58.2. The highest BCUT2D eigenvalue weighted by Crippen LogP contribution is 2.31. The molecule has 23 heteroatoms. The molecule has 0 fully saturated rings. The number of aliphatic hydroxyl groups excluding tert-OH is 2. The van der Waals surface area contributed by atoms with E-state index in [2.05, 4.69) is 131 Å². The maximum Gasteiger partial charge on any atom is 0.314 e. The molecule has 53 heavy (non-hydrogen) atoms. The molecule has 13 nitrogen and oxygen atoms in total. The zero-order valence-corrected chi connectivity index (χ0v) is 47.5. The third-order valence-corrected chi connectivity index (χ3v) is 46.1. The maximum absolute atomic E-state index is 8.95. The van der Waals surface area contributed by atoms with Gasteiger partial charge in [0.15, 0.2) is 16.6 Å². The third-order valence-electron chi connectivity index (χ3n) is 7.09. The van der Waals surface area contributed by atoms with Crippen molar-refractivity contribution in [3.63, 3.8) is 0 Å². The molecule has 0 aliphatic heterocycles. The maximum atomic E-state index is 8.95. The first kappa shape index (κ1) is 54.6. The molecule has 0 unspecified atom stereocenters. The van der Waals surface area contributed by atoms with Crippen molar-refractivity contribution in [1.82, 2.24) is 0 Å². The van der Waals surface area contributed by atoms with E-state index in [4.69, 9.17) is 56.7 Å². The highest BCUT2D eigenvalue weighted by atomic mass is 28.5. The number of hydrogen-bond acceptors (Lipinski definition) is 13. The van der Waals surface area contributed by atoms with E-state index in [1.165, 1.54) is 0 Å². The molecular formula is C30H82O13Si10. The molecule has 0 aromatic rings. The Hall–Kier alpha value is 1.65. The van der Waals surface area contributed by atoms with Crippen LogP contribution in [0.5, 0.6) is 0 Å². The normalized spacial score (nSPS) is 15.1. The van der Waals surface area contributed by atoms with E-state index >= 15 is 0 Å². The smallest absolute Gasteiger partial charge is 0.314 e. The lowest BCUT2D eigenvalue weighted by Crippen LogP contribution is -2.62. The van der Waals surface area contributed by atoms with Gasteiger partial charge in [0.2, 0.25) is 0 Å². The van der Waals surface area contributed by atoms with Crippen LogP contribution >= 0.6 is 0 Å². The summed E-state index contributed by atoms with van der Waals surface area (Å²) in [7, 11) is -25.1. The quantitative estimate of drug-likeness (QED) is 0.0532. The SMILES string of the molecule is C[Si](C)(CCCOCCO)O[Si](C)(C)O[Si](C)(C)O[Si](C)(C)O[Si](C)(C)O[Si](C)(C)O[Si](C)(C)O[Si](C)(C)O[Si](C)(C)O[Si](C)(C)CCCOCCO. The molecule has 0 saturated carbocycles. The lowest BCUT2D eigenvalue weighted by Gasteiger charge is -2.44. The minimum Gasteiger partial charge on any atom is -0.436 e. The lowest BCUT2D eigenvalue weighted by atomic mass is 10.5. The molecular weight excluding hydrogens is 849 g/mol. The van der Waals surface area contributed by atoms with Crippen molar-refractivity contribution in [2.24, 2.45) is 0 Å². The second-order valence-electron chi connectivity index (χ2n) is 18.5. The molecule has 0 bridgehead atoms. The van der Waals surface area contributed by atoms with Gasteiger partial charge >= 0.3 is 68.5 Å². The highest BCUT2D eigenvalue weighted by molar-refractivity contribution is 6.93. The standard InChI is InChI=1S/C30H82O13Si10/c1-44(2,29-21-25-33-27-23-31)35-46(5,6)37-48(9,10)39-50(13,14)41-52(17,18)43-53(19,20)42-51(15,16)40-49(11,12)38-47(7,8)36-45(3,4)30-22-26-34-28-24-32/h31-32H,21-30H2,1-20H3. The average molecular weight is 932 g/mol. The van der Waals surface area contributed by atoms with Crippen molar-refractivity contribution in [1.29, 1.82) is 0 Å². The Bertz CT molecular complexity index is 982. The van der Waals surface area contributed by atoms with Gasteiger partial charge in [-0.3, -0.25) is 0 Å². The van der Waals surface area contributed by atoms with E-state index in [-0.39, 0.29) is 13.2 Å². The Kier molecular flexibility index (Phi) is 22.4. The molecule has 0 aliphatic rings. The van der Waals surface area contributed by atoms with Crippen molar-refractivity contribution in [2.45, 2.75) is 156 Å². The topological polar surface area (TPSA) is 142 Å². The van der Waals surface area contributed by atoms with Crippen molar-refractivity contribution < 1.29 is 56.7 Å². The fraction of sp³-hybridized carbons (Fsp3) is 1.00. The first-order valence-electron chi connectivity index (χ1n) is 19.2. The average Bonchev–Trinajstić information content (AvgIpc) is 2.81. The third kappa shape index (κ3) is 27.9. The van der Waals surface area contributed by atoms with Crippen LogP contribution in [0.25, 0.3) is 0 Å². The summed E-state index contributed by atoms with van der Waals surface area (Å²) in [6.45, 7) is 44.2. The van der Waals surface area contributed by atoms with Crippen molar-refractivity contribution >= 4 is 85.1 Å². The summed E-state index contributed by atoms with van der Waals surface area (Å²) in [6.07, 6.45) is 1.80. The number of aliphatic hydroxyl groups is 2. The molecule has 0 spiro atoms. The van der Waals surface area contributed by atoms with E-state index in [1.54, 1.807) is 0 Å². The van der Waals surface area contributed by atoms with Crippen LogP contribution in [0.2, 0.25) is 143 Å². The molecule has 0 saturated heterocycles. The summed E-state index contributed by atoms with van der Waals surface area (Å²) >= 11 is 0. The fourth-order valence-electron chi connectivity index (χ4n) is 7.28. The van der Waals surface area contributed by atoms with Crippen LogP contribution in [0.3, 0.4) is 0 Å². The second-order valence-corrected chi connectivity index (χ2v) is 56.3. The van der Waals surface area contributed by atoms with E-state index < -0.39 is 85.1 Å². The van der Waals surface area contributed by atoms with Gasteiger partial charge in [-0.25, -0.2) is 0 Å². The number of hydrogen-bond donors (Lipinski definition) is 2. The Morgan fingerprint density at radius 1 is 0.283 bits per heavy atom. The Balaban J connectivity index is 5.37. The van der Waals surface area contributed by atoms with Gasteiger partial charge in [0, 0.05) is 13.2 Å². The molecule has 0 aliphatic carbocycles. The molecule has 0 rings (SSSR count). The van der Waals surface area contributed by atoms with E-state index in [9.17, 15) is 0 Å². The first-order valence-corrected chi connectivity index (χ1v) is 47.9. The van der Waals surface area contributed by atoms with Gasteiger partial charge in [0.25, 0.3) is 0 Å². The predicted molar refractivity (Wildman–Crippen MR) is 239 cm³/mol. The van der Waals surface area contributed by atoms with Gasteiger partial charge < -0.3 is 56.7 Å². The van der Waals surface area contributed by atoms with Crippen molar-refractivity contribution in [3.05, 3.63) is 0 Å². The van der Waals surface area contributed by atoms with Gasteiger partial charge in [0.1, 0.15) is 0 Å². The second kappa shape index (κ2) is 21.8. The summed E-state index contributed by atoms with van der Waals surface area (Å²) in [4.78, 5) is 0. The largest absolute Gasteiger partial charge is 0.436 e. The Morgan fingerprint density at radius 2 is 0.472 bits per heavy atom. The number of rotatable bonds is 30. The Morgan fingerprint density at radius 3 is 0.660 bits per heavy atom. The molecule has 0 heterocycles. The monoisotopic (exact) mass is 930 g/mol. The molecule has 0 aromatic heterocycles. The zero-order valence-electron chi connectivity index (χ0n) is 37.5. The van der Waals surface area contributed by atoms with Crippen LogP contribution in [0.1, 0.15) is 12.8 Å². The molecule has 320 valence electrons. The zero-order chi connectivity index (χ0) is 41.8. The summed E-state index contributed by atoms with van der Waals surface area (Å²) in [5.41, 5.74) is 0. The summed E-state index contributed by atoms with van der Waals surface area (Å²) in [5.74, 6) is 0. The van der Waals surface area contributed by atoms with Crippen LogP contribution in [0, 0.1) is 0 Å². The van der Waals surface area contributed by atoms with Gasteiger partial charge in [-0.2, -0.15) is 0 Å². The molecule has 2 N–H and O–H groups in total. The van der Waals surface area contributed by atoms with Gasteiger partial charge in [-0.1, -0.05) is 0 Å². The molecule has 0 aromatic carbocycles. The summed E-state index contributed by atoms with van der Waals surface area (Å²) < 4.78 is 71.8. The van der Waals surface area contributed by atoms with E-state index in [1.807, 2.05) is 0 Å². The van der Waals surface area contributed by atoms with Crippen LogP contribution < -0.4 is 0 Å². The van der Waals surface area contributed by atoms with Gasteiger partial charge in [-0.05, 0) is 156 Å². The van der Waals surface area contributed by atoms with Gasteiger partial charge in [0.05, 0.1) is 26.4 Å². The lowest BCUT2D eigenvalue weighted by molar-refractivity contribution is 0.0923. The Labute approximate surface area is 335 Å². The summed E-state index contributed by atoms with van der Waals surface area (Å²) in [6, 6.07) is 1.91. The van der Waals surface area contributed by atoms with Crippen molar-refractivity contribution in [3.8, 4) is 0 Å². The first-order chi connectivity index (χ1) is 23.5. The van der Waals surface area contributed by atoms with E-state index in [0.717, 1.165) is 24.9 Å². The van der Waals surface area contributed by atoms with Crippen LogP contribution in [-0.2, 0) is 46.5 Å². The minimum atomic E-state index is -2.72. The number of ether oxygens (including phenoxy) is 2. The van der Waals surface area contributed by atoms with Crippen LogP contribution in [-0.4, -0.2) is 135 Å². The van der Waals surface area contributed by atoms with Crippen molar-refractivity contribution in [2.75, 3.05) is 39.6 Å².